The van der Waals surface area contributed by atoms with Crippen LogP contribution in [0.4, 0.5) is 5.82 Å². The number of anilines is 1. The molecule has 0 aliphatic heterocycles. The predicted molar refractivity (Wildman–Crippen MR) is 71.2 cm³/mol. The van der Waals surface area contributed by atoms with E-state index in [4.69, 9.17) is 4.42 Å². The van der Waals surface area contributed by atoms with E-state index in [0.29, 0.717) is 17.8 Å². The van der Waals surface area contributed by atoms with Gasteiger partial charge in [0.1, 0.15) is 5.82 Å². The lowest BCUT2D eigenvalue weighted by atomic mass is 10.2. The topological polar surface area (TPSA) is 73.0 Å². The molecule has 0 saturated heterocycles. The van der Waals surface area contributed by atoms with Crippen LogP contribution < -0.4 is 11.1 Å². The zero-order chi connectivity index (χ0) is 13.2. The Kier molecular flexibility index (Phi) is 2.75. The number of fused-ring (bicyclic) bond motifs is 1. The summed E-state index contributed by atoms with van der Waals surface area (Å²) < 4.78 is 6.64. The highest BCUT2D eigenvalue weighted by atomic mass is 16.4. The molecule has 3 heterocycles. The Balaban J connectivity index is 2.11. The van der Waals surface area contributed by atoms with Crippen LogP contribution in [0.25, 0.3) is 11.2 Å². The first-order chi connectivity index (χ1) is 9.29. The molecule has 1 N–H and O–H groups in total. The molecule has 0 aliphatic carbocycles. The fourth-order valence-electron chi connectivity index (χ4n) is 2.00. The molecule has 3 aromatic rings. The van der Waals surface area contributed by atoms with E-state index < -0.39 is 5.76 Å². The van der Waals surface area contributed by atoms with E-state index in [1.165, 1.54) is 4.57 Å². The van der Waals surface area contributed by atoms with Crippen molar-refractivity contribution >= 4 is 17.0 Å². The third-order valence-corrected chi connectivity index (χ3v) is 2.88. The summed E-state index contributed by atoms with van der Waals surface area (Å²) in [4.78, 5) is 20.3. The average molecular weight is 256 g/mol. The van der Waals surface area contributed by atoms with Gasteiger partial charge in [0.15, 0.2) is 11.2 Å². The van der Waals surface area contributed by atoms with Gasteiger partial charge in [0.2, 0.25) is 0 Å². The van der Waals surface area contributed by atoms with Crippen molar-refractivity contribution in [3.8, 4) is 0 Å². The molecule has 0 unspecified atom stereocenters. The molecule has 0 fully saturated rings. The van der Waals surface area contributed by atoms with Crippen molar-refractivity contribution in [2.75, 3.05) is 12.4 Å². The van der Waals surface area contributed by atoms with E-state index >= 15 is 0 Å². The van der Waals surface area contributed by atoms with Crippen molar-refractivity contribution in [2.24, 2.45) is 0 Å². The minimum absolute atomic E-state index is 0.368. The monoisotopic (exact) mass is 256 g/mol. The maximum atomic E-state index is 11.9. The minimum atomic E-state index is -0.417. The predicted octanol–water partition coefficient (Wildman–Crippen LogP) is 1.47. The molecule has 0 radical (unpaired) electrons. The molecule has 3 aromatic heterocycles. The van der Waals surface area contributed by atoms with E-state index in [1.807, 2.05) is 12.1 Å². The molecule has 0 saturated carbocycles. The molecule has 6 heteroatoms. The molecular formula is C13H12N4O2. The maximum Gasteiger partial charge on any atom is 0.421 e. The van der Waals surface area contributed by atoms with E-state index in [0.717, 1.165) is 11.4 Å². The number of pyridine rings is 2. The Hall–Kier alpha value is -2.63. The van der Waals surface area contributed by atoms with Crippen LogP contribution in [0.15, 0.2) is 45.9 Å². The molecule has 3 rings (SSSR count). The highest BCUT2D eigenvalue weighted by Crippen LogP contribution is 2.15. The second-order valence-corrected chi connectivity index (χ2v) is 4.04. The second kappa shape index (κ2) is 4.56. The minimum Gasteiger partial charge on any atom is -0.406 e. The van der Waals surface area contributed by atoms with Crippen molar-refractivity contribution < 1.29 is 4.42 Å². The van der Waals surface area contributed by atoms with Gasteiger partial charge in [-0.05, 0) is 18.2 Å². The second-order valence-electron chi connectivity index (χ2n) is 4.04. The molecule has 19 heavy (non-hydrogen) atoms. The van der Waals surface area contributed by atoms with Gasteiger partial charge in [-0.25, -0.2) is 14.8 Å². The van der Waals surface area contributed by atoms with Crippen molar-refractivity contribution in [1.82, 2.24) is 14.5 Å². The number of hydrogen-bond acceptors (Lipinski definition) is 5. The van der Waals surface area contributed by atoms with E-state index in [9.17, 15) is 4.79 Å². The first-order valence-corrected chi connectivity index (χ1v) is 5.85. The van der Waals surface area contributed by atoms with Crippen molar-refractivity contribution in [3.05, 3.63) is 52.8 Å². The van der Waals surface area contributed by atoms with Gasteiger partial charge in [-0.1, -0.05) is 6.07 Å². The Labute approximate surface area is 108 Å². The molecular weight excluding hydrogens is 244 g/mol. The average Bonchev–Trinajstić information content (AvgIpc) is 2.76. The van der Waals surface area contributed by atoms with Gasteiger partial charge in [0, 0.05) is 25.0 Å². The number of hydrogen-bond donors (Lipinski definition) is 1. The van der Waals surface area contributed by atoms with Crippen LogP contribution in [0.2, 0.25) is 0 Å². The molecule has 0 spiro atoms. The molecule has 96 valence electrons. The lowest BCUT2D eigenvalue weighted by Crippen LogP contribution is -2.16. The highest BCUT2D eigenvalue weighted by Gasteiger charge is 2.12. The number of nitrogens with zero attached hydrogens (tertiary/aromatic N) is 3. The Bertz CT molecular complexity index is 775. The van der Waals surface area contributed by atoms with Gasteiger partial charge < -0.3 is 9.73 Å². The zero-order valence-corrected chi connectivity index (χ0v) is 10.3. The molecule has 0 amide bonds. The fraction of sp³-hybridized carbons (Fsp3) is 0.154. The van der Waals surface area contributed by atoms with Gasteiger partial charge in [-0.15, -0.1) is 0 Å². The standard InChI is InChI=1S/C13H12N4O2/c1-14-11-9(4-2-6-15-11)8-17-12-10(19-13(17)18)5-3-7-16-12/h2-7H,8H2,1H3,(H,14,15). The van der Waals surface area contributed by atoms with Crippen LogP contribution in [0.5, 0.6) is 0 Å². The zero-order valence-electron chi connectivity index (χ0n) is 10.3. The summed E-state index contributed by atoms with van der Waals surface area (Å²) in [5.41, 5.74) is 1.93. The van der Waals surface area contributed by atoms with Crippen LogP contribution in [0, 0.1) is 0 Å². The lowest BCUT2D eigenvalue weighted by molar-refractivity contribution is 0.517. The molecule has 0 atom stereocenters. The van der Waals surface area contributed by atoms with Gasteiger partial charge in [0.05, 0.1) is 6.54 Å². The number of oxazole rings is 1. The van der Waals surface area contributed by atoms with Crippen molar-refractivity contribution in [3.63, 3.8) is 0 Å². The van der Waals surface area contributed by atoms with Crippen molar-refractivity contribution in [1.29, 1.82) is 0 Å². The van der Waals surface area contributed by atoms with Gasteiger partial charge in [0.25, 0.3) is 0 Å². The summed E-state index contributed by atoms with van der Waals surface area (Å²) in [6, 6.07) is 7.20. The summed E-state index contributed by atoms with van der Waals surface area (Å²) in [5, 5.41) is 3.00. The van der Waals surface area contributed by atoms with Crippen LogP contribution in [-0.2, 0) is 6.54 Å². The van der Waals surface area contributed by atoms with Crippen LogP contribution in [0.1, 0.15) is 5.56 Å². The summed E-state index contributed by atoms with van der Waals surface area (Å²) in [6.07, 6.45) is 3.33. The normalized spacial score (nSPS) is 10.8. The largest absolute Gasteiger partial charge is 0.421 e. The summed E-state index contributed by atoms with van der Waals surface area (Å²) in [6.45, 7) is 0.368. The van der Waals surface area contributed by atoms with Crippen LogP contribution in [-0.4, -0.2) is 21.6 Å². The maximum absolute atomic E-state index is 11.9. The van der Waals surface area contributed by atoms with Gasteiger partial charge in [-0.2, -0.15) is 0 Å². The van der Waals surface area contributed by atoms with Gasteiger partial charge in [-0.3, -0.25) is 4.57 Å². The number of aromatic nitrogens is 3. The third-order valence-electron chi connectivity index (χ3n) is 2.88. The summed E-state index contributed by atoms with van der Waals surface area (Å²) >= 11 is 0. The first-order valence-electron chi connectivity index (χ1n) is 5.85. The number of rotatable bonds is 3. The highest BCUT2D eigenvalue weighted by molar-refractivity contribution is 5.67. The molecule has 0 bridgehead atoms. The van der Waals surface area contributed by atoms with E-state index in [-0.39, 0.29) is 0 Å². The molecule has 0 aliphatic rings. The fourth-order valence-corrected chi connectivity index (χ4v) is 2.00. The molecule has 6 nitrogen and oxygen atoms in total. The Morgan fingerprint density at radius 3 is 2.89 bits per heavy atom. The lowest BCUT2D eigenvalue weighted by Gasteiger charge is -2.07. The summed E-state index contributed by atoms with van der Waals surface area (Å²) in [5.74, 6) is 0.319. The van der Waals surface area contributed by atoms with Crippen LogP contribution >= 0.6 is 0 Å². The summed E-state index contributed by atoms with van der Waals surface area (Å²) in [7, 11) is 1.79. The smallest absolute Gasteiger partial charge is 0.406 e. The first kappa shape index (κ1) is 11.5. The van der Waals surface area contributed by atoms with Crippen molar-refractivity contribution in [2.45, 2.75) is 6.54 Å². The SMILES string of the molecule is CNc1ncccc1Cn1c(=O)oc2cccnc21. The number of nitrogens with one attached hydrogen (secondary N) is 1. The van der Waals surface area contributed by atoms with E-state index in [2.05, 4.69) is 15.3 Å². The Morgan fingerprint density at radius 1 is 1.26 bits per heavy atom. The third kappa shape index (κ3) is 1.97. The van der Waals surface area contributed by atoms with Gasteiger partial charge >= 0.3 is 5.76 Å². The molecule has 0 aromatic carbocycles. The Morgan fingerprint density at radius 2 is 2.05 bits per heavy atom. The van der Waals surface area contributed by atoms with Crippen LogP contribution in [0.3, 0.4) is 0 Å². The van der Waals surface area contributed by atoms with E-state index in [1.54, 1.807) is 31.6 Å². The quantitative estimate of drug-likeness (QED) is 0.768.